The second kappa shape index (κ2) is 9.89. The van der Waals surface area contributed by atoms with Crippen molar-refractivity contribution >= 4 is 34.2 Å². The zero-order valence-corrected chi connectivity index (χ0v) is 19.4. The van der Waals surface area contributed by atoms with Gasteiger partial charge in [-0.3, -0.25) is 9.59 Å². The van der Waals surface area contributed by atoms with Gasteiger partial charge in [0.25, 0.3) is 5.91 Å². The highest BCUT2D eigenvalue weighted by Crippen LogP contribution is 2.34. The predicted molar refractivity (Wildman–Crippen MR) is 127 cm³/mol. The summed E-state index contributed by atoms with van der Waals surface area (Å²) in [5.41, 5.74) is 1.01. The summed E-state index contributed by atoms with van der Waals surface area (Å²) in [4.78, 5) is 31.8. The fourth-order valence-electron chi connectivity index (χ4n) is 4.37. The summed E-state index contributed by atoms with van der Waals surface area (Å²) in [5.74, 6) is -0.300. The van der Waals surface area contributed by atoms with E-state index in [9.17, 15) is 22.8 Å². The van der Waals surface area contributed by atoms with Gasteiger partial charge in [-0.05, 0) is 62.9 Å². The van der Waals surface area contributed by atoms with E-state index in [-0.39, 0.29) is 35.2 Å². The lowest BCUT2D eigenvalue weighted by Crippen LogP contribution is -2.41. The predicted octanol–water partition coefficient (Wildman–Crippen LogP) is 5.07. The molecule has 2 aromatic heterocycles. The van der Waals surface area contributed by atoms with Crippen LogP contribution in [0.4, 0.5) is 24.7 Å². The third-order valence-corrected chi connectivity index (χ3v) is 5.95. The number of nitrogens with one attached hydrogen (secondary N) is 3. The van der Waals surface area contributed by atoms with E-state index < -0.39 is 11.9 Å². The monoisotopic (exact) mass is 485 g/mol. The van der Waals surface area contributed by atoms with Crippen LogP contribution in [0.3, 0.4) is 0 Å². The molecule has 10 heteroatoms. The third kappa shape index (κ3) is 6.06. The van der Waals surface area contributed by atoms with Crippen LogP contribution >= 0.6 is 0 Å². The second-order valence-electron chi connectivity index (χ2n) is 8.86. The van der Waals surface area contributed by atoms with Crippen LogP contribution in [0.25, 0.3) is 10.9 Å². The van der Waals surface area contributed by atoms with Gasteiger partial charge in [0.05, 0.1) is 5.52 Å². The van der Waals surface area contributed by atoms with Gasteiger partial charge in [0.2, 0.25) is 5.91 Å². The minimum absolute atomic E-state index is 0.117. The van der Waals surface area contributed by atoms with Gasteiger partial charge in [-0.25, -0.2) is 9.97 Å². The molecule has 0 unspecified atom stereocenters. The summed E-state index contributed by atoms with van der Waals surface area (Å²) in [6.07, 6.45) is -0.209. The zero-order valence-electron chi connectivity index (χ0n) is 19.4. The van der Waals surface area contributed by atoms with Crippen molar-refractivity contribution in [3.05, 3.63) is 59.4 Å². The second-order valence-corrected chi connectivity index (χ2v) is 8.86. The summed E-state index contributed by atoms with van der Waals surface area (Å²) >= 11 is 0. The lowest BCUT2D eigenvalue weighted by molar-refractivity contribution is -0.140. The molecule has 35 heavy (non-hydrogen) atoms. The molecule has 4 rings (SSSR count). The molecule has 184 valence electrons. The first-order chi connectivity index (χ1) is 16.6. The average Bonchev–Trinajstić information content (AvgIpc) is 2.78. The Labute approximate surface area is 200 Å². The Morgan fingerprint density at radius 2 is 1.83 bits per heavy atom. The molecule has 1 fully saturated rings. The van der Waals surface area contributed by atoms with E-state index in [1.165, 1.54) is 19.2 Å². The van der Waals surface area contributed by atoms with Crippen LogP contribution in [-0.4, -0.2) is 33.9 Å². The largest absolute Gasteiger partial charge is 0.433 e. The van der Waals surface area contributed by atoms with E-state index >= 15 is 0 Å². The Balaban J connectivity index is 1.50. The first-order valence-corrected chi connectivity index (χ1v) is 11.4. The number of benzene rings is 1. The number of aryl methyl sites for hydroxylation is 1. The summed E-state index contributed by atoms with van der Waals surface area (Å²) in [7, 11) is 0. The van der Waals surface area contributed by atoms with Crippen molar-refractivity contribution in [1.82, 2.24) is 15.3 Å². The topological polar surface area (TPSA) is 96.0 Å². The number of anilines is 2. The minimum Gasteiger partial charge on any atom is -0.382 e. The Kier molecular flexibility index (Phi) is 6.90. The maximum atomic E-state index is 13.5. The molecule has 1 aliphatic carbocycles. The van der Waals surface area contributed by atoms with Crippen molar-refractivity contribution in [2.45, 2.75) is 57.8 Å². The van der Waals surface area contributed by atoms with Crippen LogP contribution in [-0.2, 0) is 11.0 Å². The van der Waals surface area contributed by atoms with Crippen molar-refractivity contribution in [3.8, 4) is 0 Å². The van der Waals surface area contributed by atoms with E-state index in [4.69, 9.17) is 0 Å². The zero-order chi connectivity index (χ0) is 25.2. The maximum Gasteiger partial charge on any atom is 0.433 e. The van der Waals surface area contributed by atoms with Crippen molar-refractivity contribution in [2.75, 3.05) is 10.6 Å². The number of hydrogen-bond acceptors (Lipinski definition) is 5. The number of halogens is 3. The molecule has 7 nitrogen and oxygen atoms in total. The SMILES string of the molecule is CC(=O)Nc1cc(C(=O)N[C@@H]2CCC[C@H](Nc3cc(C(F)(F)F)nc4ccc(C)cc34)C2)ccn1. The lowest BCUT2D eigenvalue weighted by Gasteiger charge is -2.31. The summed E-state index contributed by atoms with van der Waals surface area (Å²) in [5, 5.41) is 9.47. The van der Waals surface area contributed by atoms with Gasteiger partial charge in [-0.1, -0.05) is 11.6 Å². The molecule has 2 atom stereocenters. The van der Waals surface area contributed by atoms with Gasteiger partial charge < -0.3 is 16.0 Å². The van der Waals surface area contributed by atoms with Gasteiger partial charge in [0.15, 0.2) is 0 Å². The summed E-state index contributed by atoms with van der Waals surface area (Å²) in [6.45, 7) is 3.23. The molecule has 2 heterocycles. The number of hydrogen-bond donors (Lipinski definition) is 3. The Morgan fingerprint density at radius 1 is 1.06 bits per heavy atom. The van der Waals surface area contributed by atoms with Gasteiger partial charge >= 0.3 is 6.18 Å². The van der Waals surface area contributed by atoms with Crippen LogP contribution in [0.15, 0.2) is 42.6 Å². The highest BCUT2D eigenvalue weighted by atomic mass is 19.4. The highest BCUT2D eigenvalue weighted by molar-refractivity contribution is 5.96. The highest BCUT2D eigenvalue weighted by Gasteiger charge is 2.34. The quantitative estimate of drug-likeness (QED) is 0.469. The van der Waals surface area contributed by atoms with Crippen LogP contribution in [0.1, 0.15) is 54.2 Å². The normalized spacial score (nSPS) is 18.2. The molecule has 1 aliphatic rings. The minimum atomic E-state index is -4.56. The molecule has 2 amide bonds. The van der Waals surface area contributed by atoms with Gasteiger partial charge in [-0.2, -0.15) is 13.2 Å². The number of alkyl halides is 3. The van der Waals surface area contributed by atoms with Crippen LogP contribution in [0.5, 0.6) is 0 Å². The number of aromatic nitrogens is 2. The number of fused-ring (bicyclic) bond motifs is 1. The van der Waals surface area contributed by atoms with Crippen LogP contribution in [0, 0.1) is 6.92 Å². The van der Waals surface area contributed by atoms with E-state index in [1.807, 2.05) is 13.0 Å². The molecule has 1 saturated carbocycles. The molecular weight excluding hydrogens is 459 g/mol. The molecule has 0 aliphatic heterocycles. The number of nitrogens with zero attached hydrogens (tertiary/aromatic N) is 2. The van der Waals surface area contributed by atoms with Crippen molar-refractivity contribution < 1.29 is 22.8 Å². The Bertz CT molecular complexity index is 1260. The van der Waals surface area contributed by atoms with Gasteiger partial charge in [0.1, 0.15) is 11.5 Å². The van der Waals surface area contributed by atoms with Crippen molar-refractivity contribution in [3.63, 3.8) is 0 Å². The smallest absolute Gasteiger partial charge is 0.382 e. The first kappa shape index (κ1) is 24.4. The molecular formula is C25H26F3N5O2. The first-order valence-electron chi connectivity index (χ1n) is 11.4. The molecule has 3 aromatic rings. The molecule has 1 aromatic carbocycles. The fraction of sp³-hybridized carbons (Fsp3) is 0.360. The third-order valence-electron chi connectivity index (χ3n) is 5.95. The fourth-order valence-corrected chi connectivity index (χ4v) is 4.37. The molecule has 0 radical (unpaired) electrons. The number of carbonyl (C=O) groups is 2. The number of carbonyl (C=O) groups excluding carboxylic acids is 2. The van der Waals surface area contributed by atoms with E-state index in [0.717, 1.165) is 30.9 Å². The van der Waals surface area contributed by atoms with Crippen molar-refractivity contribution in [2.24, 2.45) is 0 Å². The number of rotatable bonds is 5. The Morgan fingerprint density at radius 3 is 2.57 bits per heavy atom. The van der Waals surface area contributed by atoms with Crippen LogP contribution < -0.4 is 16.0 Å². The van der Waals surface area contributed by atoms with E-state index in [2.05, 4.69) is 25.9 Å². The number of amides is 2. The molecule has 3 N–H and O–H groups in total. The standard InChI is InChI=1S/C25H26F3N5O2/c1-14-6-7-20-19(10-14)21(13-22(33-20)25(26,27)28)31-17-4-3-5-18(12-17)32-24(35)16-8-9-29-23(11-16)30-15(2)34/h6-11,13,17-18H,3-5,12H2,1-2H3,(H,31,33)(H,32,35)(H,29,30,34)/t17-,18+/m0/s1. The maximum absolute atomic E-state index is 13.5. The van der Waals surface area contributed by atoms with Gasteiger partial charge in [-0.15, -0.1) is 0 Å². The molecule has 0 saturated heterocycles. The van der Waals surface area contributed by atoms with Crippen LogP contribution in [0.2, 0.25) is 0 Å². The molecule has 0 bridgehead atoms. The average molecular weight is 486 g/mol. The van der Waals surface area contributed by atoms with Crippen molar-refractivity contribution in [1.29, 1.82) is 0 Å². The number of pyridine rings is 2. The van der Waals surface area contributed by atoms with Gasteiger partial charge in [0, 0.05) is 41.8 Å². The molecule has 0 spiro atoms. The van der Waals surface area contributed by atoms with E-state index in [1.54, 1.807) is 18.2 Å². The van der Waals surface area contributed by atoms with E-state index in [0.29, 0.717) is 23.1 Å². The Hall–Kier alpha value is -3.69. The summed E-state index contributed by atoms with van der Waals surface area (Å²) < 4.78 is 40.4. The summed E-state index contributed by atoms with van der Waals surface area (Å²) in [6, 6.07) is 9.01. The lowest BCUT2D eigenvalue weighted by atomic mass is 9.90.